The molecule has 0 atom stereocenters. The maximum absolute atomic E-state index is 12.5. The Labute approximate surface area is 157 Å². The van der Waals surface area contributed by atoms with E-state index in [4.69, 9.17) is 15.5 Å². The molecule has 138 valence electrons. The Morgan fingerprint density at radius 3 is 2.59 bits per heavy atom. The molecule has 1 aliphatic rings. The highest BCUT2D eigenvalue weighted by Gasteiger charge is 2.21. The Hall–Kier alpha value is -3.12. The van der Waals surface area contributed by atoms with Crippen LogP contribution in [0.5, 0.6) is 5.75 Å². The number of anilines is 1. The van der Waals surface area contributed by atoms with Crippen molar-refractivity contribution in [2.75, 3.05) is 19.4 Å². The molecule has 0 radical (unpaired) electrons. The summed E-state index contributed by atoms with van der Waals surface area (Å²) in [5.41, 5.74) is 10.1. The molecule has 0 saturated carbocycles. The molecule has 6 nitrogen and oxygen atoms in total. The fraction of sp³-hybridized carbons (Fsp3) is 0.238. The summed E-state index contributed by atoms with van der Waals surface area (Å²) < 4.78 is 5.21. The molecule has 0 fully saturated rings. The number of rotatable bonds is 4. The summed E-state index contributed by atoms with van der Waals surface area (Å²) in [6.45, 7) is 2.31. The summed E-state index contributed by atoms with van der Waals surface area (Å²) in [6, 6.07) is 15.4. The van der Waals surface area contributed by atoms with E-state index in [1.807, 2.05) is 36.4 Å². The quantitative estimate of drug-likeness (QED) is 0.697. The molecule has 2 heterocycles. The van der Waals surface area contributed by atoms with Crippen LogP contribution >= 0.6 is 0 Å². The molecule has 0 aliphatic carbocycles. The number of hydrogen-bond acceptors (Lipinski definition) is 5. The van der Waals surface area contributed by atoms with Crippen molar-refractivity contribution in [2.24, 2.45) is 0 Å². The van der Waals surface area contributed by atoms with Gasteiger partial charge >= 0.3 is 0 Å². The molecular formula is C21H22N4O2. The van der Waals surface area contributed by atoms with Crippen LogP contribution in [0.2, 0.25) is 0 Å². The number of nitrogens with zero attached hydrogens (tertiary/aromatic N) is 2. The number of ether oxygens (including phenoxy) is 1. The van der Waals surface area contributed by atoms with Gasteiger partial charge < -0.3 is 15.5 Å². The van der Waals surface area contributed by atoms with E-state index in [2.05, 4.69) is 22.0 Å². The highest BCUT2D eigenvalue weighted by Crippen LogP contribution is 2.21. The van der Waals surface area contributed by atoms with E-state index in [1.54, 1.807) is 7.11 Å². The lowest BCUT2D eigenvalue weighted by Gasteiger charge is -2.27. The second kappa shape index (κ2) is 7.25. The zero-order valence-corrected chi connectivity index (χ0v) is 15.2. The van der Waals surface area contributed by atoms with Crippen LogP contribution in [-0.4, -0.2) is 28.5 Å². The van der Waals surface area contributed by atoms with Crippen LogP contribution in [0.1, 0.15) is 16.8 Å². The van der Waals surface area contributed by atoms with Gasteiger partial charge in [-0.1, -0.05) is 12.1 Å². The normalized spacial score (nSPS) is 14.0. The van der Waals surface area contributed by atoms with Gasteiger partial charge in [-0.25, -0.2) is 4.98 Å². The summed E-state index contributed by atoms with van der Waals surface area (Å²) in [6.07, 6.45) is 0.704. The van der Waals surface area contributed by atoms with Gasteiger partial charge in [-0.3, -0.25) is 9.69 Å². The summed E-state index contributed by atoms with van der Waals surface area (Å²) in [5.74, 6) is 1.44. The summed E-state index contributed by atoms with van der Waals surface area (Å²) in [4.78, 5) is 22.5. The van der Waals surface area contributed by atoms with Crippen molar-refractivity contribution in [2.45, 2.75) is 19.5 Å². The molecule has 0 amide bonds. The van der Waals surface area contributed by atoms with Crippen LogP contribution in [0.3, 0.4) is 0 Å². The fourth-order valence-electron chi connectivity index (χ4n) is 3.40. The van der Waals surface area contributed by atoms with Gasteiger partial charge in [0.2, 0.25) is 0 Å². The average Bonchev–Trinajstić information content (AvgIpc) is 2.69. The number of hydrogen-bond donors (Lipinski definition) is 2. The monoisotopic (exact) mass is 362 g/mol. The molecule has 2 aromatic carbocycles. The number of aromatic amines is 1. The highest BCUT2D eigenvalue weighted by atomic mass is 16.5. The van der Waals surface area contributed by atoms with Crippen LogP contribution in [0.25, 0.3) is 11.4 Å². The zero-order chi connectivity index (χ0) is 18.8. The Kier molecular flexibility index (Phi) is 4.64. The fourth-order valence-corrected chi connectivity index (χ4v) is 3.40. The predicted molar refractivity (Wildman–Crippen MR) is 106 cm³/mol. The minimum absolute atomic E-state index is 0.0454. The zero-order valence-electron chi connectivity index (χ0n) is 15.2. The summed E-state index contributed by atoms with van der Waals surface area (Å²) in [7, 11) is 1.67. The lowest BCUT2D eigenvalue weighted by atomic mass is 10.0. The number of nitrogens with two attached hydrogens (primary N) is 1. The predicted octanol–water partition coefficient (Wildman–Crippen LogP) is 2.59. The Morgan fingerprint density at radius 2 is 1.89 bits per heavy atom. The number of nitrogens with one attached hydrogen (secondary N) is 1. The molecule has 3 aromatic rings. The van der Waals surface area contributed by atoms with Crippen LogP contribution in [0.4, 0.5) is 5.69 Å². The Morgan fingerprint density at radius 1 is 1.15 bits per heavy atom. The molecule has 27 heavy (non-hydrogen) atoms. The second-order valence-corrected chi connectivity index (χ2v) is 6.77. The minimum atomic E-state index is -0.0454. The van der Waals surface area contributed by atoms with E-state index < -0.39 is 0 Å². The smallest absolute Gasteiger partial charge is 0.254 e. The van der Waals surface area contributed by atoms with Crippen molar-refractivity contribution in [3.8, 4) is 17.1 Å². The summed E-state index contributed by atoms with van der Waals surface area (Å²) >= 11 is 0. The van der Waals surface area contributed by atoms with Crippen LogP contribution in [0, 0.1) is 0 Å². The number of aromatic nitrogens is 2. The van der Waals surface area contributed by atoms with Crippen molar-refractivity contribution < 1.29 is 4.74 Å². The minimum Gasteiger partial charge on any atom is -0.497 e. The molecular weight excluding hydrogens is 340 g/mol. The third-order valence-electron chi connectivity index (χ3n) is 4.90. The highest BCUT2D eigenvalue weighted by molar-refractivity contribution is 5.58. The average molecular weight is 362 g/mol. The standard InChI is InChI=1S/C21H22N4O2/c1-27-17-8-2-14(3-9-17)12-25-11-10-18-19(13-25)23-20(24-21(18)26)15-4-6-16(22)7-5-15/h2-9H,10-13,22H2,1H3,(H,23,24,26). The number of benzene rings is 2. The largest absolute Gasteiger partial charge is 0.497 e. The van der Waals surface area contributed by atoms with Gasteiger partial charge in [0.05, 0.1) is 12.8 Å². The Bertz CT molecular complexity index is 994. The first-order valence-electron chi connectivity index (χ1n) is 8.95. The van der Waals surface area contributed by atoms with Gasteiger partial charge in [0, 0.05) is 36.4 Å². The van der Waals surface area contributed by atoms with Crippen LogP contribution < -0.4 is 16.0 Å². The number of nitrogen functional groups attached to an aromatic ring is 1. The number of H-pyrrole nitrogens is 1. The Balaban J connectivity index is 1.57. The van der Waals surface area contributed by atoms with E-state index >= 15 is 0 Å². The number of fused-ring (bicyclic) bond motifs is 1. The molecule has 0 bridgehead atoms. The van der Waals surface area contributed by atoms with Crippen LogP contribution in [-0.2, 0) is 19.5 Å². The molecule has 0 spiro atoms. The third-order valence-corrected chi connectivity index (χ3v) is 4.90. The maximum atomic E-state index is 12.5. The van der Waals surface area contributed by atoms with E-state index in [0.29, 0.717) is 24.5 Å². The van der Waals surface area contributed by atoms with Gasteiger partial charge in [0.15, 0.2) is 0 Å². The van der Waals surface area contributed by atoms with Gasteiger partial charge in [0.1, 0.15) is 11.6 Å². The van der Waals surface area contributed by atoms with E-state index in [0.717, 1.165) is 35.7 Å². The molecule has 1 aliphatic heterocycles. The molecule has 6 heteroatoms. The van der Waals surface area contributed by atoms with Crippen molar-refractivity contribution in [3.63, 3.8) is 0 Å². The first kappa shape index (κ1) is 17.3. The van der Waals surface area contributed by atoms with Gasteiger partial charge in [-0.05, 0) is 48.4 Å². The van der Waals surface area contributed by atoms with E-state index in [1.165, 1.54) is 5.56 Å². The lowest BCUT2D eigenvalue weighted by molar-refractivity contribution is 0.240. The summed E-state index contributed by atoms with van der Waals surface area (Å²) in [5, 5.41) is 0. The molecule has 4 rings (SSSR count). The van der Waals surface area contributed by atoms with E-state index in [-0.39, 0.29) is 5.56 Å². The van der Waals surface area contributed by atoms with E-state index in [9.17, 15) is 4.79 Å². The molecule has 0 unspecified atom stereocenters. The maximum Gasteiger partial charge on any atom is 0.254 e. The molecule has 0 saturated heterocycles. The molecule has 3 N–H and O–H groups in total. The lowest BCUT2D eigenvalue weighted by Crippen LogP contribution is -2.35. The van der Waals surface area contributed by atoms with Gasteiger partial charge in [0.25, 0.3) is 5.56 Å². The van der Waals surface area contributed by atoms with Crippen molar-refractivity contribution in [3.05, 3.63) is 75.7 Å². The van der Waals surface area contributed by atoms with Crippen molar-refractivity contribution in [1.29, 1.82) is 0 Å². The van der Waals surface area contributed by atoms with Crippen molar-refractivity contribution >= 4 is 5.69 Å². The van der Waals surface area contributed by atoms with Gasteiger partial charge in [-0.15, -0.1) is 0 Å². The first-order chi connectivity index (χ1) is 13.1. The topological polar surface area (TPSA) is 84.2 Å². The van der Waals surface area contributed by atoms with Crippen molar-refractivity contribution in [1.82, 2.24) is 14.9 Å². The number of methoxy groups -OCH3 is 1. The first-order valence-corrected chi connectivity index (χ1v) is 8.95. The third kappa shape index (κ3) is 3.71. The SMILES string of the molecule is COc1ccc(CN2CCc3c(nc(-c4ccc(N)cc4)[nH]c3=O)C2)cc1. The molecule has 1 aromatic heterocycles. The second-order valence-electron chi connectivity index (χ2n) is 6.77. The van der Waals surface area contributed by atoms with Gasteiger partial charge in [-0.2, -0.15) is 0 Å². The van der Waals surface area contributed by atoms with Crippen LogP contribution in [0.15, 0.2) is 53.3 Å².